The van der Waals surface area contributed by atoms with Crippen LogP contribution in [0.25, 0.3) is 37.2 Å². The zero-order chi connectivity index (χ0) is 32.2. The Bertz CT molecular complexity index is 2100. The van der Waals surface area contributed by atoms with Gasteiger partial charge in [-0.05, 0) is 74.9 Å². The summed E-state index contributed by atoms with van der Waals surface area (Å²) in [5, 5.41) is 16.3. The maximum atomic E-state index is 9.22. The molecule has 0 saturated heterocycles. The Morgan fingerprint density at radius 1 is 0.543 bits per heavy atom. The highest BCUT2D eigenvalue weighted by atomic mass is 15.1. The molecule has 0 radical (unpaired) electrons. The average molecular weight is 595 g/mol. The van der Waals surface area contributed by atoms with E-state index in [1.807, 2.05) is 48.5 Å². The number of benzene rings is 6. The third kappa shape index (κ3) is 5.44. The Kier molecular flexibility index (Phi) is 8.48. The molecule has 0 aliphatic heterocycles. The van der Waals surface area contributed by atoms with Gasteiger partial charge in [-0.3, -0.25) is 0 Å². The number of anilines is 2. The lowest BCUT2D eigenvalue weighted by molar-refractivity contribution is 0.870. The van der Waals surface area contributed by atoms with Gasteiger partial charge in [0.15, 0.2) is 5.69 Å². The van der Waals surface area contributed by atoms with Crippen LogP contribution in [0, 0.1) is 41.6 Å². The Morgan fingerprint density at radius 3 is 1.33 bits per heavy atom. The predicted octanol–water partition coefficient (Wildman–Crippen LogP) is 9.50. The molecule has 0 saturated carbocycles. The zero-order valence-electron chi connectivity index (χ0n) is 26.7. The van der Waals surface area contributed by atoms with Crippen LogP contribution < -0.4 is 9.80 Å². The lowest BCUT2D eigenvalue weighted by Gasteiger charge is -2.27. The van der Waals surface area contributed by atoms with Crippen LogP contribution in [0.15, 0.2) is 84.9 Å². The molecular formula is C42H34N4. The fourth-order valence-corrected chi connectivity index (χ4v) is 6.34. The third-order valence-electron chi connectivity index (χ3n) is 8.76. The normalized spacial score (nSPS) is 10.6. The van der Waals surface area contributed by atoms with E-state index in [4.69, 9.17) is 6.57 Å². The van der Waals surface area contributed by atoms with Gasteiger partial charge >= 0.3 is 0 Å². The summed E-state index contributed by atoms with van der Waals surface area (Å²) in [6, 6.07) is 30.5. The Balaban J connectivity index is 1.68. The lowest BCUT2D eigenvalue weighted by atomic mass is 9.88. The molecule has 6 aromatic carbocycles. The van der Waals surface area contributed by atoms with Gasteiger partial charge in [0.1, 0.15) is 0 Å². The SMILES string of the molecule is [C-]#[N+]c1ccc(C#Cc2cc(N(CC)CC)c3ccc4c(N(CC)CC)cc(C#Cc5ccc(C#N)cc5)c5ccc2c3c54)cc1. The first-order valence-electron chi connectivity index (χ1n) is 15.8. The first-order chi connectivity index (χ1) is 22.5. The van der Waals surface area contributed by atoms with Crippen molar-refractivity contribution in [1.29, 1.82) is 5.26 Å². The summed E-state index contributed by atoms with van der Waals surface area (Å²) >= 11 is 0. The van der Waals surface area contributed by atoms with E-state index in [1.165, 1.54) is 32.9 Å². The first-order valence-corrected chi connectivity index (χ1v) is 15.8. The van der Waals surface area contributed by atoms with Crippen molar-refractivity contribution in [3.05, 3.63) is 124 Å². The second-order valence-electron chi connectivity index (χ2n) is 11.2. The molecule has 0 bridgehead atoms. The summed E-state index contributed by atoms with van der Waals surface area (Å²) in [6.07, 6.45) is 0. The van der Waals surface area contributed by atoms with Crippen molar-refractivity contribution < 1.29 is 0 Å². The maximum Gasteiger partial charge on any atom is 0.187 e. The Morgan fingerprint density at radius 2 is 0.935 bits per heavy atom. The zero-order valence-corrected chi connectivity index (χ0v) is 26.7. The molecule has 0 aliphatic rings. The number of nitriles is 1. The van der Waals surface area contributed by atoms with Crippen molar-refractivity contribution in [2.75, 3.05) is 36.0 Å². The van der Waals surface area contributed by atoms with Crippen molar-refractivity contribution in [2.24, 2.45) is 0 Å². The van der Waals surface area contributed by atoms with E-state index >= 15 is 0 Å². The van der Waals surface area contributed by atoms with E-state index in [1.54, 1.807) is 0 Å². The van der Waals surface area contributed by atoms with Gasteiger partial charge in [0.05, 0.1) is 18.2 Å². The van der Waals surface area contributed by atoms with Gasteiger partial charge in [-0.2, -0.15) is 5.26 Å². The van der Waals surface area contributed by atoms with Crippen LogP contribution in [-0.2, 0) is 0 Å². The minimum Gasteiger partial charge on any atom is -0.372 e. The fraction of sp³-hybridized carbons (Fsp3) is 0.190. The van der Waals surface area contributed by atoms with Crippen LogP contribution >= 0.6 is 0 Å². The van der Waals surface area contributed by atoms with Gasteiger partial charge in [-0.15, -0.1) is 0 Å². The molecule has 6 rings (SSSR count). The molecule has 0 N–H and O–H groups in total. The summed E-state index contributed by atoms with van der Waals surface area (Å²) in [4.78, 5) is 8.32. The van der Waals surface area contributed by atoms with Crippen LogP contribution in [0.3, 0.4) is 0 Å². The first kappa shape index (κ1) is 30.1. The van der Waals surface area contributed by atoms with Crippen LogP contribution in [0.5, 0.6) is 0 Å². The van der Waals surface area contributed by atoms with Gasteiger partial charge in [0.2, 0.25) is 0 Å². The van der Waals surface area contributed by atoms with Crippen LogP contribution in [-0.4, -0.2) is 26.2 Å². The minimum absolute atomic E-state index is 0.610. The van der Waals surface area contributed by atoms with Gasteiger partial charge in [0, 0.05) is 81.4 Å². The summed E-state index contributed by atoms with van der Waals surface area (Å²) < 4.78 is 0. The maximum absolute atomic E-state index is 9.22. The van der Waals surface area contributed by atoms with Gasteiger partial charge in [-0.1, -0.05) is 72.2 Å². The summed E-state index contributed by atoms with van der Waals surface area (Å²) in [5.41, 5.74) is 7.31. The highest BCUT2D eigenvalue weighted by Gasteiger charge is 2.20. The molecule has 0 unspecified atom stereocenters. The lowest BCUT2D eigenvalue weighted by Crippen LogP contribution is -2.23. The van der Waals surface area contributed by atoms with Gasteiger partial charge in [0.25, 0.3) is 0 Å². The van der Waals surface area contributed by atoms with E-state index in [9.17, 15) is 5.26 Å². The van der Waals surface area contributed by atoms with E-state index in [2.05, 4.69) is 108 Å². The van der Waals surface area contributed by atoms with Crippen LogP contribution in [0.4, 0.5) is 17.1 Å². The molecule has 0 aliphatic carbocycles. The Labute approximate surface area is 271 Å². The number of rotatable bonds is 6. The average Bonchev–Trinajstić information content (AvgIpc) is 3.11. The minimum atomic E-state index is 0.610. The molecule has 6 aromatic rings. The van der Waals surface area contributed by atoms with Crippen molar-refractivity contribution in [3.63, 3.8) is 0 Å². The quantitative estimate of drug-likeness (QED) is 0.109. The van der Waals surface area contributed by atoms with Crippen LogP contribution in [0.1, 0.15) is 55.5 Å². The molecule has 0 heterocycles. The molecule has 222 valence electrons. The summed E-state index contributed by atoms with van der Waals surface area (Å²) in [7, 11) is 0. The molecule has 4 nitrogen and oxygen atoms in total. The van der Waals surface area contributed by atoms with Crippen molar-refractivity contribution in [2.45, 2.75) is 27.7 Å². The molecule has 0 spiro atoms. The largest absolute Gasteiger partial charge is 0.372 e. The van der Waals surface area contributed by atoms with Gasteiger partial charge in [-0.25, -0.2) is 4.85 Å². The highest BCUT2D eigenvalue weighted by Crippen LogP contribution is 2.44. The molecule has 46 heavy (non-hydrogen) atoms. The molecule has 0 amide bonds. The molecular weight excluding hydrogens is 560 g/mol. The molecule has 0 fully saturated rings. The van der Waals surface area contributed by atoms with Gasteiger partial charge < -0.3 is 9.80 Å². The highest BCUT2D eigenvalue weighted by molar-refractivity contribution is 6.29. The van der Waals surface area contributed by atoms with E-state index in [-0.39, 0.29) is 0 Å². The third-order valence-corrected chi connectivity index (χ3v) is 8.76. The second-order valence-corrected chi connectivity index (χ2v) is 11.2. The second kappa shape index (κ2) is 13.0. The van der Waals surface area contributed by atoms with E-state index in [0.717, 1.165) is 59.2 Å². The standard InChI is InChI=1S/C42H34N4/c1-6-45(7-2)39-26-32(18-14-29-10-12-31(28-43)13-11-29)35-22-23-36-33(19-15-30-16-20-34(44-5)21-17-30)27-40(46(8-3)9-4)38-25-24-37(39)41(35)42(36)38/h10-13,16-17,20-27H,6-9H2,1-4H3. The van der Waals surface area contributed by atoms with Crippen molar-refractivity contribution in [1.82, 2.24) is 0 Å². The number of nitrogens with zero attached hydrogens (tertiary/aromatic N) is 4. The molecule has 0 aromatic heterocycles. The topological polar surface area (TPSA) is 34.6 Å². The molecule has 0 atom stereocenters. The summed E-state index contributed by atoms with van der Waals surface area (Å²) in [5.74, 6) is 13.8. The number of hydrogen-bond donors (Lipinski definition) is 0. The predicted molar refractivity (Wildman–Crippen MR) is 193 cm³/mol. The van der Waals surface area contributed by atoms with Crippen LogP contribution in [0.2, 0.25) is 0 Å². The van der Waals surface area contributed by atoms with Crippen molar-refractivity contribution >= 4 is 49.4 Å². The van der Waals surface area contributed by atoms with E-state index in [0.29, 0.717) is 11.3 Å². The van der Waals surface area contributed by atoms with Crippen molar-refractivity contribution in [3.8, 4) is 29.8 Å². The Hall–Kier alpha value is -5.94. The van der Waals surface area contributed by atoms with E-state index < -0.39 is 0 Å². The monoisotopic (exact) mass is 594 g/mol. The fourth-order valence-electron chi connectivity index (χ4n) is 6.34. The number of hydrogen-bond acceptors (Lipinski definition) is 3. The smallest absolute Gasteiger partial charge is 0.187 e. The molecule has 4 heteroatoms. The summed E-state index contributed by atoms with van der Waals surface area (Å²) in [6.45, 7) is 19.6.